The van der Waals surface area contributed by atoms with E-state index in [2.05, 4.69) is 5.32 Å². The van der Waals surface area contributed by atoms with Gasteiger partial charge in [-0.3, -0.25) is 9.59 Å². The number of benzene rings is 1. The topological polar surface area (TPSA) is 49.4 Å². The first-order chi connectivity index (χ1) is 9.85. The van der Waals surface area contributed by atoms with Gasteiger partial charge in [0.1, 0.15) is 0 Å². The van der Waals surface area contributed by atoms with Crippen LogP contribution in [0.2, 0.25) is 0 Å². The van der Waals surface area contributed by atoms with Gasteiger partial charge in [0.15, 0.2) is 0 Å². The van der Waals surface area contributed by atoms with Gasteiger partial charge in [0.2, 0.25) is 11.8 Å². The summed E-state index contributed by atoms with van der Waals surface area (Å²) in [5.41, 5.74) is 3.06. The summed E-state index contributed by atoms with van der Waals surface area (Å²) in [7, 11) is 0. The third-order valence-corrected chi connectivity index (χ3v) is 3.76. The molecule has 0 heterocycles. The Kier molecular flexibility index (Phi) is 6.40. The molecule has 0 fully saturated rings. The van der Waals surface area contributed by atoms with E-state index in [0.717, 1.165) is 17.7 Å². The molecule has 0 saturated heterocycles. The quantitative estimate of drug-likeness (QED) is 0.874. The smallest absolute Gasteiger partial charge is 0.226 e. The molecule has 0 bridgehead atoms. The number of nitrogens with one attached hydrogen (secondary N) is 1. The van der Waals surface area contributed by atoms with Gasteiger partial charge < -0.3 is 10.2 Å². The van der Waals surface area contributed by atoms with Crippen LogP contribution >= 0.6 is 0 Å². The van der Waals surface area contributed by atoms with E-state index in [1.165, 1.54) is 5.56 Å². The van der Waals surface area contributed by atoms with Gasteiger partial charge in [-0.25, -0.2) is 0 Å². The Morgan fingerprint density at radius 2 is 1.95 bits per heavy atom. The molecule has 1 N–H and O–H groups in total. The number of carbonyl (C=O) groups is 2. The number of rotatable bonds is 6. The van der Waals surface area contributed by atoms with Crippen LogP contribution in [0, 0.1) is 13.8 Å². The summed E-state index contributed by atoms with van der Waals surface area (Å²) in [4.78, 5) is 25.4. The maximum atomic E-state index is 12.0. The molecule has 4 nitrogen and oxygen atoms in total. The number of aryl methyl sites for hydroxylation is 2. The second kappa shape index (κ2) is 7.81. The van der Waals surface area contributed by atoms with Crippen molar-refractivity contribution in [3.05, 3.63) is 29.3 Å². The number of amides is 2. The molecule has 0 radical (unpaired) electrons. The van der Waals surface area contributed by atoms with Crippen molar-refractivity contribution < 1.29 is 9.59 Å². The Balaban J connectivity index is 2.59. The molecule has 1 unspecified atom stereocenters. The van der Waals surface area contributed by atoms with Crippen LogP contribution in [-0.2, 0) is 9.59 Å². The van der Waals surface area contributed by atoms with Gasteiger partial charge in [0.05, 0.1) is 0 Å². The number of hydrogen-bond acceptors (Lipinski definition) is 2. The summed E-state index contributed by atoms with van der Waals surface area (Å²) in [6, 6.07) is 6.09. The average molecular weight is 290 g/mol. The van der Waals surface area contributed by atoms with Crippen LogP contribution in [0.5, 0.6) is 0 Å². The Morgan fingerprint density at radius 1 is 1.29 bits per heavy atom. The maximum absolute atomic E-state index is 12.0. The Hall–Kier alpha value is -1.84. The first kappa shape index (κ1) is 17.2. The van der Waals surface area contributed by atoms with Gasteiger partial charge in [-0.1, -0.05) is 24.6 Å². The molecule has 116 valence electrons. The third kappa shape index (κ3) is 5.21. The van der Waals surface area contributed by atoms with E-state index in [1.807, 2.05) is 45.9 Å². The third-order valence-electron chi connectivity index (χ3n) is 3.76. The van der Waals surface area contributed by atoms with Crippen molar-refractivity contribution in [1.82, 2.24) is 4.90 Å². The Morgan fingerprint density at radius 3 is 2.48 bits per heavy atom. The van der Waals surface area contributed by atoms with Crippen LogP contribution in [0.25, 0.3) is 0 Å². The summed E-state index contributed by atoms with van der Waals surface area (Å²) >= 11 is 0. The molecule has 0 saturated carbocycles. The highest BCUT2D eigenvalue weighted by Crippen LogP contribution is 2.16. The average Bonchev–Trinajstić information content (AvgIpc) is 2.41. The largest absolute Gasteiger partial charge is 0.340 e. The van der Waals surface area contributed by atoms with Crippen LogP contribution in [0.15, 0.2) is 18.2 Å². The lowest BCUT2D eigenvalue weighted by Gasteiger charge is -2.27. The maximum Gasteiger partial charge on any atom is 0.226 e. The minimum absolute atomic E-state index is 0.0173. The summed E-state index contributed by atoms with van der Waals surface area (Å²) < 4.78 is 0. The Labute approximate surface area is 127 Å². The van der Waals surface area contributed by atoms with E-state index < -0.39 is 0 Å². The van der Waals surface area contributed by atoms with Crippen molar-refractivity contribution in [2.75, 3.05) is 11.9 Å². The van der Waals surface area contributed by atoms with Gasteiger partial charge in [-0.15, -0.1) is 0 Å². The van der Waals surface area contributed by atoms with Gasteiger partial charge in [-0.05, 0) is 38.8 Å². The van der Waals surface area contributed by atoms with E-state index in [-0.39, 0.29) is 17.9 Å². The van der Waals surface area contributed by atoms with Crippen LogP contribution in [0.1, 0.15) is 44.7 Å². The molecule has 1 aromatic rings. The monoisotopic (exact) mass is 290 g/mol. The van der Waals surface area contributed by atoms with Crippen LogP contribution in [-0.4, -0.2) is 29.3 Å². The molecular weight excluding hydrogens is 264 g/mol. The molecule has 0 aliphatic carbocycles. The predicted molar refractivity (Wildman–Crippen MR) is 86.3 cm³/mol. The molecular formula is C17H26N2O2. The van der Waals surface area contributed by atoms with Crippen molar-refractivity contribution in [1.29, 1.82) is 0 Å². The zero-order chi connectivity index (χ0) is 16.0. The molecule has 1 rings (SSSR count). The lowest BCUT2D eigenvalue weighted by molar-refractivity contribution is -0.131. The number of carbonyl (C=O) groups excluding carboxylic acids is 2. The van der Waals surface area contributed by atoms with E-state index in [4.69, 9.17) is 0 Å². The fourth-order valence-corrected chi connectivity index (χ4v) is 2.30. The normalized spacial score (nSPS) is 11.9. The van der Waals surface area contributed by atoms with E-state index in [9.17, 15) is 9.59 Å². The second-order valence-corrected chi connectivity index (χ2v) is 5.59. The highest BCUT2D eigenvalue weighted by atomic mass is 16.2. The van der Waals surface area contributed by atoms with Gasteiger partial charge in [-0.2, -0.15) is 0 Å². The summed E-state index contributed by atoms with van der Waals surface area (Å²) in [6.45, 7) is 10.0. The minimum Gasteiger partial charge on any atom is -0.340 e. The van der Waals surface area contributed by atoms with Crippen molar-refractivity contribution in [3.63, 3.8) is 0 Å². The molecule has 1 aromatic carbocycles. The summed E-state index contributed by atoms with van der Waals surface area (Å²) in [6.07, 6.45) is 1.20. The van der Waals surface area contributed by atoms with Crippen LogP contribution in [0.3, 0.4) is 0 Å². The van der Waals surface area contributed by atoms with Gasteiger partial charge >= 0.3 is 0 Å². The van der Waals surface area contributed by atoms with Crippen molar-refractivity contribution in [2.24, 2.45) is 0 Å². The Bertz CT molecular complexity index is 512. The van der Waals surface area contributed by atoms with Gasteiger partial charge in [0.25, 0.3) is 0 Å². The molecule has 2 amide bonds. The first-order valence-corrected chi connectivity index (χ1v) is 7.49. The standard InChI is InChI=1S/C17H26N2O2/c1-6-14(4)19(15(5)20)10-9-17(21)18-16-8-7-12(2)11-13(16)3/h7-8,11,14H,6,9-10H2,1-5H3,(H,18,21). The number of hydrogen-bond donors (Lipinski definition) is 1. The highest BCUT2D eigenvalue weighted by molar-refractivity contribution is 5.91. The SMILES string of the molecule is CCC(C)N(CCC(=O)Nc1ccc(C)cc1C)C(C)=O. The molecule has 0 spiro atoms. The van der Waals surface area contributed by atoms with Crippen molar-refractivity contribution in [2.45, 2.75) is 53.5 Å². The fraction of sp³-hybridized carbons (Fsp3) is 0.529. The van der Waals surface area contributed by atoms with Gasteiger partial charge in [0, 0.05) is 31.6 Å². The molecule has 21 heavy (non-hydrogen) atoms. The second-order valence-electron chi connectivity index (χ2n) is 5.59. The first-order valence-electron chi connectivity index (χ1n) is 7.49. The molecule has 0 aliphatic heterocycles. The lowest BCUT2D eigenvalue weighted by Crippen LogP contribution is -2.38. The lowest BCUT2D eigenvalue weighted by atomic mass is 10.1. The molecule has 0 aromatic heterocycles. The fourth-order valence-electron chi connectivity index (χ4n) is 2.30. The van der Waals surface area contributed by atoms with E-state index >= 15 is 0 Å². The van der Waals surface area contributed by atoms with E-state index in [1.54, 1.807) is 11.8 Å². The van der Waals surface area contributed by atoms with Crippen LogP contribution in [0.4, 0.5) is 5.69 Å². The van der Waals surface area contributed by atoms with Crippen molar-refractivity contribution >= 4 is 17.5 Å². The highest BCUT2D eigenvalue weighted by Gasteiger charge is 2.16. The number of anilines is 1. The minimum atomic E-state index is -0.0588. The summed E-state index contributed by atoms with van der Waals surface area (Å²) in [5, 5.41) is 2.91. The van der Waals surface area contributed by atoms with Crippen molar-refractivity contribution in [3.8, 4) is 0 Å². The number of nitrogens with zero attached hydrogens (tertiary/aromatic N) is 1. The zero-order valence-corrected chi connectivity index (χ0v) is 13.7. The predicted octanol–water partition coefficient (Wildman–Crippen LogP) is 3.28. The summed E-state index contributed by atoms with van der Waals surface area (Å²) in [5.74, 6) is -0.0415. The van der Waals surface area contributed by atoms with Crippen LogP contribution < -0.4 is 5.32 Å². The molecule has 0 aliphatic rings. The van der Waals surface area contributed by atoms with E-state index in [0.29, 0.717) is 13.0 Å². The molecule has 4 heteroatoms. The molecule has 1 atom stereocenters. The zero-order valence-electron chi connectivity index (χ0n) is 13.7.